The van der Waals surface area contributed by atoms with Crippen molar-refractivity contribution in [2.45, 2.75) is 12.8 Å². The molecule has 0 unspecified atom stereocenters. The summed E-state index contributed by atoms with van der Waals surface area (Å²) < 4.78 is 0. The molecule has 0 fully saturated rings. The number of rotatable bonds is 2. The molecule has 1 rings (SSSR count). The molecule has 0 spiro atoms. The molecule has 0 saturated carbocycles. The standard InChI is InChI=1S/C8H10.Ti/c1-2-5-8-6-3-4-7-8;/h2-4,6H,1,5,7H2;. The summed E-state index contributed by atoms with van der Waals surface area (Å²) in [4.78, 5) is 0. The molecule has 0 aromatic carbocycles. The van der Waals surface area contributed by atoms with Crippen molar-refractivity contribution in [3.63, 3.8) is 0 Å². The summed E-state index contributed by atoms with van der Waals surface area (Å²) in [6.07, 6.45) is 10.5. The molecule has 0 N–H and O–H groups in total. The Bertz CT molecular complexity index is 143. The molecular formula is C8H10Ti. The van der Waals surface area contributed by atoms with Crippen LogP contribution in [0.3, 0.4) is 0 Å². The molecule has 0 aromatic rings. The van der Waals surface area contributed by atoms with Gasteiger partial charge in [-0.15, -0.1) is 6.58 Å². The van der Waals surface area contributed by atoms with Crippen LogP contribution in [0.15, 0.2) is 36.5 Å². The van der Waals surface area contributed by atoms with Gasteiger partial charge in [0.05, 0.1) is 0 Å². The van der Waals surface area contributed by atoms with E-state index in [2.05, 4.69) is 24.8 Å². The van der Waals surface area contributed by atoms with E-state index >= 15 is 0 Å². The van der Waals surface area contributed by atoms with Crippen LogP contribution in [0, 0.1) is 0 Å². The second-order valence-electron chi connectivity index (χ2n) is 1.95. The molecule has 0 saturated heterocycles. The minimum absolute atomic E-state index is 0. The van der Waals surface area contributed by atoms with E-state index in [9.17, 15) is 0 Å². The maximum Gasteiger partial charge on any atom is 0 e. The van der Waals surface area contributed by atoms with E-state index in [4.69, 9.17) is 0 Å². The molecule has 1 aliphatic carbocycles. The van der Waals surface area contributed by atoms with Crippen molar-refractivity contribution >= 4 is 0 Å². The van der Waals surface area contributed by atoms with Crippen LogP contribution in [-0.2, 0) is 21.7 Å². The molecule has 0 bridgehead atoms. The third-order valence-electron chi connectivity index (χ3n) is 1.25. The van der Waals surface area contributed by atoms with Gasteiger partial charge in [0.2, 0.25) is 0 Å². The number of hydrogen-bond acceptors (Lipinski definition) is 0. The monoisotopic (exact) mass is 154 g/mol. The van der Waals surface area contributed by atoms with Crippen LogP contribution in [0.25, 0.3) is 0 Å². The van der Waals surface area contributed by atoms with Gasteiger partial charge in [-0.1, -0.05) is 29.9 Å². The van der Waals surface area contributed by atoms with Crippen LogP contribution in [-0.4, -0.2) is 0 Å². The van der Waals surface area contributed by atoms with E-state index < -0.39 is 0 Å². The van der Waals surface area contributed by atoms with Gasteiger partial charge in [0.15, 0.2) is 0 Å². The fourth-order valence-corrected chi connectivity index (χ4v) is 0.828. The van der Waals surface area contributed by atoms with E-state index in [0.717, 1.165) is 12.8 Å². The Hall–Kier alpha value is -0.0657. The average molecular weight is 154 g/mol. The Kier molecular flexibility index (Phi) is 4.74. The molecule has 0 aliphatic heterocycles. The first-order valence-electron chi connectivity index (χ1n) is 2.89. The average Bonchev–Trinajstić information content (AvgIpc) is 2.19. The zero-order valence-electron chi connectivity index (χ0n) is 5.43. The molecule has 9 heavy (non-hydrogen) atoms. The number of allylic oxidation sites excluding steroid dienone is 5. The Morgan fingerprint density at radius 1 is 1.67 bits per heavy atom. The van der Waals surface area contributed by atoms with Crippen LogP contribution in [0.5, 0.6) is 0 Å². The van der Waals surface area contributed by atoms with Crippen LogP contribution in [0.1, 0.15) is 12.8 Å². The molecule has 0 radical (unpaired) electrons. The molecule has 0 amide bonds. The van der Waals surface area contributed by atoms with E-state index in [1.165, 1.54) is 5.57 Å². The van der Waals surface area contributed by atoms with Gasteiger partial charge in [-0.2, -0.15) is 0 Å². The minimum atomic E-state index is 0. The molecule has 0 aromatic heterocycles. The van der Waals surface area contributed by atoms with E-state index in [-0.39, 0.29) is 21.7 Å². The fraction of sp³-hybridized carbons (Fsp3) is 0.250. The van der Waals surface area contributed by atoms with E-state index in [1.807, 2.05) is 6.08 Å². The summed E-state index contributed by atoms with van der Waals surface area (Å²) in [6, 6.07) is 0. The molecule has 46 valence electrons. The first-order valence-corrected chi connectivity index (χ1v) is 2.89. The quantitative estimate of drug-likeness (QED) is 0.423. The largest absolute Gasteiger partial charge is 0.103 e. The summed E-state index contributed by atoms with van der Waals surface area (Å²) in [5.41, 5.74) is 1.47. The molecular weight excluding hydrogens is 144 g/mol. The van der Waals surface area contributed by atoms with Crippen molar-refractivity contribution < 1.29 is 21.7 Å². The summed E-state index contributed by atoms with van der Waals surface area (Å²) in [5, 5.41) is 0. The predicted octanol–water partition coefficient (Wildman–Crippen LogP) is 2.45. The smallest absolute Gasteiger partial charge is 0 e. The summed E-state index contributed by atoms with van der Waals surface area (Å²) in [6.45, 7) is 3.66. The molecule has 0 nitrogen and oxygen atoms in total. The predicted molar refractivity (Wildman–Crippen MR) is 36.7 cm³/mol. The summed E-state index contributed by atoms with van der Waals surface area (Å²) in [5.74, 6) is 0. The first kappa shape index (κ1) is 8.93. The maximum absolute atomic E-state index is 3.66. The van der Waals surface area contributed by atoms with Gasteiger partial charge in [-0.3, -0.25) is 0 Å². The molecule has 1 aliphatic rings. The van der Waals surface area contributed by atoms with Crippen molar-refractivity contribution in [2.75, 3.05) is 0 Å². The van der Waals surface area contributed by atoms with Gasteiger partial charge in [0.1, 0.15) is 0 Å². The maximum atomic E-state index is 3.66. The molecule has 0 atom stereocenters. The fourth-order valence-electron chi connectivity index (χ4n) is 0.828. The summed E-state index contributed by atoms with van der Waals surface area (Å²) in [7, 11) is 0. The van der Waals surface area contributed by atoms with Gasteiger partial charge >= 0.3 is 0 Å². The molecule has 0 heterocycles. The van der Waals surface area contributed by atoms with E-state index in [1.54, 1.807) is 0 Å². The molecule has 1 heteroatoms. The van der Waals surface area contributed by atoms with Crippen LogP contribution >= 0.6 is 0 Å². The van der Waals surface area contributed by atoms with Gasteiger partial charge in [0, 0.05) is 21.7 Å². The van der Waals surface area contributed by atoms with Gasteiger partial charge in [0.25, 0.3) is 0 Å². The zero-order valence-corrected chi connectivity index (χ0v) is 6.99. The Morgan fingerprint density at radius 3 is 2.89 bits per heavy atom. The Balaban J connectivity index is 0.000000640. The second-order valence-corrected chi connectivity index (χ2v) is 1.95. The topological polar surface area (TPSA) is 0 Å². The Labute approximate surface area is 71.2 Å². The van der Waals surface area contributed by atoms with Crippen molar-refractivity contribution in [1.29, 1.82) is 0 Å². The van der Waals surface area contributed by atoms with Gasteiger partial charge < -0.3 is 0 Å². The number of hydrogen-bond donors (Lipinski definition) is 0. The van der Waals surface area contributed by atoms with E-state index in [0.29, 0.717) is 0 Å². The normalized spacial score (nSPS) is 14.4. The zero-order chi connectivity index (χ0) is 5.82. The summed E-state index contributed by atoms with van der Waals surface area (Å²) >= 11 is 0. The second kappa shape index (κ2) is 4.78. The Morgan fingerprint density at radius 2 is 2.44 bits per heavy atom. The van der Waals surface area contributed by atoms with Crippen LogP contribution in [0.4, 0.5) is 0 Å². The van der Waals surface area contributed by atoms with Gasteiger partial charge in [-0.05, 0) is 12.8 Å². The minimum Gasteiger partial charge on any atom is -0.103 e. The third kappa shape index (κ3) is 2.83. The van der Waals surface area contributed by atoms with Gasteiger partial charge in [-0.25, -0.2) is 0 Å². The van der Waals surface area contributed by atoms with Crippen LogP contribution < -0.4 is 0 Å². The third-order valence-corrected chi connectivity index (χ3v) is 1.25. The van der Waals surface area contributed by atoms with Crippen LogP contribution in [0.2, 0.25) is 0 Å². The van der Waals surface area contributed by atoms with Crippen molar-refractivity contribution in [2.24, 2.45) is 0 Å². The van der Waals surface area contributed by atoms with Crippen molar-refractivity contribution in [3.05, 3.63) is 36.5 Å². The van der Waals surface area contributed by atoms with Crippen molar-refractivity contribution in [3.8, 4) is 0 Å². The first-order chi connectivity index (χ1) is 3.93. The SMILES string of the molecule is C=CCC1=CC=CC1.[Ti]. The van der Waals surface area contributed by atoms with Crippen molar-refractivity contribution in [1.82, 2.24) is 0 Å².